The summed E-state index contributed by atoms with van der Waals surface area (Å²) in [6.45, 7) is 0.833. The van der Waals surface area contributed by atoms with Crippen molar-refractivity contribution in [2.24, 2.45) is 11.7 Å². The van der Waals surface area contributed by atoms with Crippen molar-refractivity contribution in [2.45, 2.75) is 18.3 Å². The molecule has 0 atom stereocenters. The van der Waals surface area contributed by atoms with Gasteiger partial charge in [0.2, 0.25) is 5.91 Å². The maximum absolute atomic E-state index is 11.1. The predicted octanol–water partition coefficient (Wildman–Crippen LogP) is 1.29. The summed E-state index contributed by atoms with van der Waals surface area (Å²) in [6.07, 6.45) is 3.26. The van der Waals surface area contributed by atoms with Gasteiger partial charge in [-0.2, -0.15) is 0 Å². The number of hydrogen-bond acceptors (Lipinski definition) is 3. The molecule has 1 aromatic heterocycles. The highest BCUT2D eigenvalue weighted by Crippen LogP contribution is 2.52. The van der Waals surface area contributed by atoms with Crippen LogP contribution < -0.4 is 11.1 Å². The van der Waals surface area contributed by atoms with Crippen LogP contribution in [-0.2, 0) is 10.2 Å². The first kappa shape index (κ1) is 9.90. The van der Waals surface area contributed by atoms with Crippen LogP contribution in [0.15, 0.2) is 12.3 Å². The summed E-state index contributed by atoms with van der Waals surface area (Å²) < 4.78 is 0. The van der Waals surface area contributed by atoms with Gasteiger partial charge in [0.1, 0.15) is 5.82 Å². The third-order valence-corrected chi connectivity index (χ3v) is 3.90. The molecule has 1 spiro atoms. The highest BCUT2D eigenvalue weighted by molar-refractivity contribution is 6.30. The summed E-state index contributed by atoms with van der Waals surface area (Å²) in [5.41, 5.74) is 6.47. The Morgan fingerprint density at radius 3 is 3.06 bits per heavy atom. The van der Waals surface area contributed by atoms with E-state index in [-0.39, 0.29) is 17.2 Å². The van der Waals surface area contributed by atoms with Crippen molar-refractivity contribution in [2.75, 3.05) is 11.9 Å². The quantitative estimate of drug-likeness (QED) is 0.774. The van der Waals surface area contributed by atoms with Crippen molar-refractivity contribution in [1.29, 1.82) is 0 Å². The van der Waals surface area contributed by atoms with E-state index in [2.05, 4.69) is 10.3 Å². The van der Waals surface area contributed by atoms with Crippen LogP contribution in [0.1, 0.15) is 18.4 Å². The Morgan fingerprint density at radius 1 is 1.62 bits per heavy atom. The van der Waals surface area contributed by atoms with Crippen LogP contribution in [-0.4, -0.2) is 17.4 Å². The first-order valence-electron chi connectivity index (χ1n) is 5.30. The van der Waals surface area contributed by atoms with Crippen LogP contribution in [0, 0.1) is 5.92 Å². The maximum atomic E-state index is 11.1. The van der Waals surface area contributed by atoms with Gasteiger partial charge in [0.15, 0.2) is 0 Å². The summed E-state index contributed by atoms with van der Waals surface area (Å²) in [7, 11) is 0. The third-order valence-electron chi connectivity index (χ3n) is 3.70. The molecule has 2 aliphatic rings. The number of anilines is 1. The minimum atomic E-state index is -0.200. The van der Waals surface area contributed by atoms with E-state index in [0.717, 1.165) is 30.8 Å². The molecule has 1 aliphatic carbocycles. The highest BCUT2D eigenvalue weighted by Gasteiger charge is 2.51. The molecule has 84 valence electrons. The second-order valence-corrected chi connectivity index (χ2v) is 5.13. The minimum absolute atomic E-state index is 0.00623. The fourth-order valence-corrected chi connectivity index (χ4v) is 2.94. The van der Waals surface area contributed by atoms with E-state index in [1.165, 1.54) is 0 Å². The predicted molar refractivity (Wildman–Crippen MR) is 61.3 cm³/mol. The topological polar surface area (TPSA) is 68.0 Å². The number of nitrogens with two attached hydrogens (primary N) is 1. The van der Waals surface area contributed by atoms with E-state index in [9.17, 15) is 4.79 Å². The zero-order chi connectivity index (χ0) is 11.3. The van der Waals surface area contributed by atoms with Crippen molar-refractivity contribution in [3.05, 3.63) is 22.8 Å². The first-order valence-corrected chi connectivity index (χ1v) is 5.68. The van der Waals surface area contributed by atoms with Crippen molar-refractivity contribution in [3.63, 3.8) is 0 Å². The summed E-state index contributed by atoms with van der Waals surface area (Å²) in [5, 5.41) is 3.90. The second kappa shape index (κ2) is 3.10. The lowest BCUT2D eigenvalue weighted by Gasteiger charge is -2.43. The van der Waals surface area contributed by atoms with Gasteiger partial charge >= 0.3 is 0 Å². The van der Waals surface area contributed by atoms with Crippen molar-refractivity contribution in [3.8, 4) is 0 Å². The SMILES string of the molecule is NC(=O)[C@H]1C[C@@]2(CNc3ncc(Cl)cc32)C1. The number of pyridine rings is 1. The Morgan fingerprint density at radius 2 is 2.38 bits per heavy atom. The smallest absolute Gasteiger partial charge is 0.220 e. The number of carbonyl (C=O) groups excluding carboxylic acids is 1. The molecule has 0 radical (unpaired) electrons. The van der Waals surface area contributed by atoms with E-state index >= 15 is 0 Å². The molecule has 1 saturated carbocycles. The third kappa shape index (κ3) is 1.23. The van der Waals surface area contributed by atoms with Crippen molar-refractivity contribution >= 4 is 23.3 Å². The first-order chi connectivity index (χ1) is 7.61. The number of halogens is 1. The number of aromatic nitrogens is 1. The van der Waals surface area contributed by atoms with Crippen molar-refractivity contribution < 1.29 is 4.79 Å². The molecule has 3 N–H and O–H groups in total. The molecule has 5 heteroatoms. The van der Waals surface area contributed by atoms with Crippen LogP contribution in [0.3, 0.4) is 0 Å². The fraction of sp³-hybridized carbons (Fsp3) is 0.455. The monoisotopic (exact) mass is 237 g/mol. The molecule has 1 fully saturated rings. The number of nitrogens with one attached hydrogen (secondary N) is 1. The van der Waals surface area contributed by atoms with Gasteiger partial charge in [-0.05, 0) is 18.9 Å². The summed E-state index contributed by atoms with van der Waals surface area (Å²) in [6, 6.07) is 1.95. The van der Waals surface area contributed by atoms with Crippen LogP contribution in [0.4, 0.5) is 5.82 Å². The molecule has 1 aliphatic heterocycles. The van der Waals surface area contributed by atoms with Gasteiger partial charge in [0, 0.05) is 29.6 Å². The molecule has 0 bridgehead atoms. The second-order valence-electron chi connectivity index (χ2n) is 4.69. The summed E-state index contributed by atoms with van der Waals surface area (Å²) >= 11 is 5.95. The number of primary amides is 1. The Hall–Kier alpha value is -1.29. The molecule has 1 aromatic rings. The van der Waals surface area contributed by atoms with E-state index < -0.39 is 0 Å². The molecule has 2 heterocycles. The van der Waals surface area contributed by atoms with E-state index in [1.807, 2.05) is 6.07 Å². The fourth-order valence-electron chi connectivity index (χ4n) is 2.78. The summed E-state index contributed by atoms with van der Waals surface area (Å²) in [5.74, 6) is 0.702. The van der Waals surface area contributed by atoms with E-state index in [0.29, 0.717) is 5.02 Å². The Kier molecular flexibility index (Phi) is 1.92. The van der Waals surface area contributed by atoms with E-state index in [1.54, 1.807) is 6.20 Å². The molecule has 0 saturated heterocycles. The molecule has 0 unspecified atom stereocenters. The normalized spacial score (nSPS) is 30.7. The van der Waals surface area contributed by atoms with Gasteiger partial charge in [-0.25, -0.2) is 4.98 Å². The lowest BCUT2D eigenvalue weighted by atomic mass is 9.59. The van der Waals surface area contributed by atoms with E-state index in [4.69, 9.17) is 17.3 Å². The van der Waals surface area contributed by atoms with Gasteiger partial charge in [-0.1, -0.05) is 11.6 Å². The lowest BCUT2D eigenvalue weighted by Crippen LogP contribution is -2.48. The number of hydrogen-bond donors (Lipinski definition) is 2. The maximum Gasteiger partial charge on any atom is 0.220 e. The van der Waals surface area contributed by atoms with Crippen LogP contribution in [0.2, 0.25) is 5.02 Å². The Balaban J connectivity index is 1.93. The minimum Gasteiger partial charge on any atom is -0.369 e. The number of nitrogens with zero attached hydrogens (tertiary/aromatic N) is 1. The number of amides is 1. The molecule has 1 amide bonds. The van der Waals surface area contributed by atoms with Gasteiger partial charge in [0.05, 0.1) is 5.02 Å². The van der Waals surface area contributed by atoms with Crippen molar-refractivity contribution in [1.82, 2.24) is 4.98 Å². The van der Waals surface area contributed by atoms with Gasteiger partial charge in [-0.3, -0.25) is 4.79 Å². The molecule has 3 rings (SSSR count). The Labute approximate surface area is 98.2 Å². The van der Waals surface area contributed by atoms with Gasteiger partial charge in [0.25, 0.3) is 0 Å². The van der Waals surface area contributed by atoms with Crippen LogP contribution in [0.25, 0.3) is 0 Å². The number of rotatable bonds is 1. The van der Waals surface area contributed by atoms with Crippen LogP contribution in [0.5, 0.6) is 0 Å². The molecule has 0 aromatic carbocycles. The molecular weight excluding hydrogens is 226 g/mol. The molecular formula is C11H12ClN3O. The highest BCUT2D eigenvalue weighted by atomic mass is 35.5. The van der Waals surface area contributed by atoms with Gasteiger partial charge in [-0.15, -0.1) is 0 Å². The molecule has 16 heavy (non-hydrogen) atoms. The lowest BCUT2D eigenvalue weighted by molar-refractivity contribution is -0.126. The molecule has 4 nitrogen and oxygen atoms in total. The largest absolute Gasteiger partial charge is 0.369 e. The average molecular weight is 238 g/mol. The number of fused-ring (bicyclic) bond motifs is 2. The zero-order valence-electron chi connectivity index (χ0n) is 8.66. The standard InChI is InChI=1S/C11H12ClN3O/c12-7-1-8-10(14-4-7)15-5-11(8)2-6(3-11)9(13)16/h1,4,6H,2-3,5H2,(H2,13,16)(H,14,15)/t6-,11-. The van der Waals surface area contributed by atoms with Gasteiger partial charge < -0.3 is 11.1 Å². The Bertz CT molecular complexity index is 468. The average Bonchev–Trinajstić information content (AvgIpc) is 2.53. The summed E-state index contributed by atoms with van der Waals surface area (Å²) in [4.78, 5) is 15.3. The van der Waals surface area contributed by atoms with Crippen LogP contribution >= 0.6 is 11.6 Å². The zero-order valence-corrected chi connectivity index (χ0v) is 9.42. The number of carbonyl (C=O) groups is 1.